The van der Waals surface area contributed by atoms with Gasteiger partial charge in [0.25, 0.3) is 11.8 Å². The molecule has 0 atom stereocenters. The van der Waals surface area contributed by atoms with Gasteiger partial charge in [-0.1, -0.05) is 6.92 Å². The quantitative estimate of drug-likeness (QED) is 0.674. The Kier molecular flexibility index (Phi) is 7.25. The summed E-state index contributed by atoms with van der Waals surface area (Å²) in [7, 11) is 0. The normalized spacial score (nSPS) is 18.7. The van der Waals surface area contributed by atoms with Crippen LogP contribution < -0.4 is 20.3 Å². The Morgan fingerprint density at radius 3 is 2.17 bits per heavy atom. The highest BCUT2D eigenvalue weighted by molar-refractivity contribution is 6.04. The predicted octanol–water partition coefficient (Wildman–Crippen LogP) is 2.59. The lowest BCUT2D eigenvalue weighted by Gasteiger charge is -2.26. The molecule has 1 heterocycles. The lowest BCUT2D eigenvalue weighted by Crippen LogP contribution is -3.14. The minimum Gasteiger partial charge on any atom is -0.494 e. The van der Waals surface area contributed by atoms with E-state index in [9.17, 15) is 9.59 Å². The smallest absolute Gasteiger partial charge is 0.279 e. The zero-order valence-corrected chi connectivity index (χ0v) is 17.2. The van der Waals surface area contributed by atoms with Crippen LogP contribution in [0, 0.1) is 5.92 Å². The molecule has 2 aromatic rings. The minimum absolute atomic E-state index is 0.0149. The fraction of sp³-hybridized carbons (Fsp3) is 0.391. The molecule has 0 spiro atoms. The first-order valence-corrected chi connectivity index (χ1v) is 10.3. The Labute approximate surface area is 172 Å². The highest BCUT2D eigenvalue weighted by Crippen LogP contribution is 2.17. The zero-order valence-electron chi connectivity index (χ0n) is 17.2. The third-order valence-corrected chi connectivity index (χ3v) is 5.25. The van der Waals surface area contributed by atoms with E-state index in [0.29, 0.717) is 30.1 Å². The molecular weight excluding hydrogens is 366 g/mol. The molecule has 3 N–H and O–H groups in total. The number of hydrogen-bond donors (Lipinski definition) is 3. The first-order chi connectivity index (χ1) is 14.0. The summed E-state index contributed by atoms with van der Waals surface area (Å²) in [6.07, 6.45) is 2.36. The van der Waals surface area contributed by atoms with E-state index in [0.717, 1.165) is 24.8 Å². The van der Waals surface area contributed by atoms with E-state index in [1.807, 2.05) is 19.1 Å². The summed E-state index contributed by atoms with van der Waals surface area (Å²) in [4.78, 5) is 26.0. The minimum atomic E-state index is -0.195. The molecule has 1 aliphatic heterocycles. The van der Waals surface area contributed by atoms with Gasteiger partial charge in [-0.05, 0) is 74.2 Å². The monoisotopic (exact) mass is 396 g/mol. The highest BCUT2D eigenvalue weighted by atomic mass is 16.5. The SMILES string of the molecule is CCOc1ccc(NC(=O)c2ccc(NC(=O)C[NH+]3CCC(C)CC3)cc2)cc1. The average Bonchev–Trinajstić information content (AvgIpc) is 2.72. The maximum Gasteiger partial charge on any atom is 0.279 e. The second-order valence-corrected chi connectivity index (χ2v) is 7.65. The molecule has 154 valence electrons. The highest BCUT2D eigenvalue weighted by Gasteiger charge is 2.21. The van der Waals surface area contributed by atoms with Crippen LogP contribution in [0.1, 0.15) is 37.0 Å². The first kappa shape index (κ1) is 20.9. The van der Waals surface area contributed by atoms with Crippen molar-refractivity contribution >= 4 is 23.2 Å². The number of carbonyl (C=O) groups is 2. The summed E-state index contributed by atoms with van der Waals surface area (Å²) in [5.41, 5.74) is 1.94. The second kappa shape index (κ2) is 10.1. The fourth-order valence-electron chi connectivity index (χ4n) is 3.49. The third-order valence-electron chi connectivity index (χ3n) is 5.25. The fourth-order valence-corrected chi connectivity index (χ4v) is 3.49. The average molecular weight is 397 g/mol. The Morgan fingerprint density at radius 2 is 1.55 bits per heavy atom. The summed E-state index contributed by atoms with van der Waals surface area (Å²) >= 11 is 0. The standard InChI is InChI=1S/C23H29N3O3/c1-3-29-21-10-8-20(9-11-21)25-23(28)18-4-6-19(7-5-18)24-22(27)16-26-14-12-17(2)13-15-26/h4-11,17H,3,12-16H2,1-2H3,(H,24,27)(H,25,28)/p+1. The number of rotatable bonds is 7. The summed E-state index contributed by atoms with van der Waals surface area (Å²) in [6, 6.07) is 14.2. The molecule has 6 nitrogen and oxygen atoms in total. The number of likely N-dealkylation sites (tertiary alicyclic amines) is 1. The lowest BCUT2D eigenvalue weighted by molar-refractivity contribution is -0.897. The van der Waals surface area contributed by atoms with E-state index >= 15 is 0 Å². The first-order valence-electron chi connectivity index (χ1n) is 10.3. The Balaban J connectivity index is 1.49. The number of amides is 2. The topological polar surface area (TPSA) is 71.9 Å². The van der Waals surface area contributed by atoms with Crippen molar-refractivity contribution in [3.8, 4) is 5.75 Å². The van der Waals surface area contributed by atoms with Crippen LogP contribution in [-0.2, 0) is 4.79 Å². The predicted molar refractivity (Wildman–Crippen MR) is 115 cm³/mol. The van der Waals surface area contributed by atoms with Gasteiger partial charge in [-0.25, -0.2) is 0 Å². The second-order valence-electron chi connectivity index (χ2n) is 7.65. The van der Waals surface area contributed by atoms with E-state index < -0.39 is 0 Å². The number of hydrogen-bond acceptors (Lipinski definition) is 3. The number of quaternary nitrogens is 1. The van der Waals surface area contributed by atoms with Crippen molar-refractivity contribution in [2.24, 2.45) is 5.92 Å². The molecule has 0 bridgehead atoms. The molecular formula is C23H30N3O3+. The Morgan fingerprint density at radius 1 is 0.966 bits per heavy atom. The van der Waals surface area contributed by atoms with Crippen LogP contribution in [0.3, 0.4) is 0 Å². The van der Waals surface area contributed by atoms with Gasteiger partial charge in [0.1, 0.15) is 5.75 Å². The van der Waals surface area contributed by atoms with Crippen molar-refractivity contribution in [2.45, 2.75) is 26.7 Å². The van der Waals surface area contributed by atoms with Gasteiger partial charge in [0.15, 0.2) is 6.54 Å². The molecule has 1 saturated heterocycles. The Hall–Kier alpha value is -2.86. The molecule has 3 rings (SSSR count). The van der Waals surface area contributed by atoms with Crippen molar-refractivity contribution in [3.63, 3.8) is 0 Å². The summed E-state index contributed by atoms with van der Waals surface area (Å²) < 4.78 is 5.40. The van der Waals surface area contributed by atoms with Crippen LogP contribution in [-0.4, -0.2) is 38.1 Å². The van der Waals surface area contributed by atoms with Gasteiger partial charge in [0.05, 0.1) is 19.7 Å². The number of carbonyl (C=O) groups excluding carboxylic acids is 2. The van der Waals surface area contributed by atoms with E-state index in [1.54, 1.807) is 36.4 Å². The van der Waals surface area contributed by atoms with E-state index in [4.69, 9.17) is 4.74 Å². The van der Waals surface area contributed by atoms with E-state index in [1.165, 1.54) is 17.7 Å². The number of ether oxygens (including phenoxy) is 1. The zero-order chi connectivity index (χ0) is 20.6. The summed E-state index contributed by atoms with van der Waals surface area (Å²) in [5.74, 6) is 1.36. The van der Waals surface area contributed by atoms with Gasteiger partial charge in [0.2, 0.25) is 0 Å². The number of anilines is 2. The molecule has 6 heteroatoms. The molecule has 29 heavy (non-hydrogen) atoms. The van der Waals surface area contributed by atoms with Crippen LogP contribution in [0.15, 0.2) is 48.5 Å². The van der Waals surface area contributed by atoms with Crippen molar-refractivity contribution < 1.29 is 19.2 Å². The molecule has 2 aromatic carbocycles. The third kappa shape index (κ3) is 6.32. The number of nitrogens with one attached hydrogen (secondary N) is 3. The van der Waals surface area contributed by atoms with E-state index in [2.05, 4.69) is 17.6 Å². The van der Waals surface area contributed by atoms with Gasteiger partial charge < -0.3 is 20.3 Å². The van der Waals surface area contributed by atoms with Crippen molar-refractivity contribution in [3.05, 3.63) is 54.1 Å². The molecule has 0 saturated carbocycles. The van der Waals surface area contributed by atoms with Crippen LogP contribution in [0.25, 0.3) is 0 Å². The van der Waals surface area contributed by atoms with E-state index in [-0.39, 0.29) is 11.8 Å². The molecule has 0 aromatic heterocycles. The molecule has 0 aliphatic carbocycles. The molecule has 1 aliphatic rings. The van der Waals surface area contributed by atoms with Crippen LogP contribution in [0.5, 0.6) is 5.75 Å². The van der Waals surface area contributed by atoms with Crippen LogP contribution in [0.4, 0.5) is 11.4 Å². The summed E-state index contributed by atoms with van der Waals surface area (Å²) in [6.45, 7) is 7.40. The molecule has 0 unspecified atom stereocenters. The maximum atomic E-state index is 12.4. The van der Waals surface area contributed by atoms with Gasteiger partial charge in [-0.2, -0.15) is 0 Å². The molecule has 1 fully saturated rings. The maximum absolute atomic E-state index is 12.4. The molecule has 0 radical (unpaired) electrons. The van der Waals surface area contributed by atoms with Crippen LogP contribution >= 0.6 is 0 Å². The van der Waals surface area contributed by atoms with Crippen molar-refractivity contribution in [1.82, 2.24) is 0 Å². The number of piperidine rings is 1. The van der Waals surface area contributed by atoms with Crippen molar-refractivity contribution in [2.75, 3.05) is 36.9 Å². The lowest BCUT2D eigenvalue weighted by atomic mass is 9.99. The van der Waals surface area contributed by atoms with Gasteiger partial charge in [-0.3, -0.25) is 9.59 Å². The van der Waals surface area contributed by atoms with Gasteiger partial charge >= 0.3 is 0 Å². The Bertz CT molecular complexity index is 810. The van der Waals surface area contributed by atoms with Crippen molar-refractivity contribution in [1.29, 1.82) is 0 Å². The van der Waals surface area contributed by atoms with Gasteiger partial charge in [0, 0.05) is 16.9 Å². The largest absolute Gasteiger partial charge is 0.494 e. The number of benzene rings is 2. The summed E-state index contributed by atoms with van der Waals surface area (Å²) in [5, 5.41) is 5.79. The van der Waals surface area contributed by atoms with Crippen LogP contribution in [0.2, 0.25) is 0 Å². The van der Waals surface area contributed by atoms with Gasteiger partial charge in [-0.15, -0.1) is 0 Å². The molecule has 2 amide bonds.